The van der Waals surface area contributed by atoms with Gasteiger partial charge in [-0.2, -0.15) is 0 Å². The molecule has 0 unspecified atom stereocenters. The van der Waals surface area contributed by atoms with Gasteiger partial charge in [-0.1, -0.05) is 18.9 Å². The normalized spacial score (nSPS) is 17.3. The maximum atomic E-state index is 5.30. The molecule has 1 aliphatic carbocycles. The van der Waals surface area contributed by atoms with Gasteiger partial charge in [-0.05, 0) is 43.2 Å². The van der Waals surface area contributed by atoms with Gasteiger partial charge in [0.2, 0.25) is 0 Å². The molecule has 0 aliphatic heterocycles. The summed E-state index contributed by atoms with van der Waals surface area (Å²) < 4.78 is 5.30. The van der Waals surface area contributed by atoms with Crippen LogP contribution < -0.4 is 10.6 Å². The number of hydrogen-bond acceptors (Lipinski definition) is 3. The van der Waals surface area contributed by atoms with Gasteiger partial charge in [-0.3, -0.25) is 9.98 Å². The van der Waals surface area contributed by atoms with E-state index in [0.29, 0.717) is 12.0 Å². The standard InChI is InChI=1S/C18H30N4O/c1-15-7-6-11-20-16(15)13-21-17(19-2)22-14-18(10-12-23-3)8-4-5-9-18/h6-7,11H,4-5,8-10,12-14H2,1-3H3,(H2,19,21,22). The number of aromatic nitrogens is 1. The second-order valence-corrected chi connectivity index (χ2v) is 6.50. The van der Waals surface area contributed by atoms with Gasteiger partial charge in [0.25, 0.3) is 0 Å². The minimum Gasteiger partial charge on any atom is -0.385 e. The fourth-order valence-electron chi connectivity index (χ4n) is 3.32. The Morgan fingerprint density at radius 3 is 2.78 bits per heavy atom. The summed E-state index contributed by atoms with van der Waals surface area (Å²) in [6.07, 6.45) is 8.15. The van der Waals surface area contributed by atoms with Crippen LogP contribution in [0.25, 0.3) is 0 Å². The highest BCUT2D eigenvalue weighted by Gasteiger charge is 2.33. The molecule has 5 nitrogen and oxygen atoms in total. The number of nitrogens with one attached hydrogen (secondary N) is 2. The van der Waals surface area contributed by atoms with E-state index in [1.807, 2.05) is 19.3 Å². The number of pyridine rings is 1. The summed E-state index contributed by atoms with van der Waals surface area (Å²) in [7, 11) is 3.60. The fourth-order valence-corrected chi connectivity index (χ4v) is 3.32. The van der Waals surface area contributed by atoms with E-state index in [-0.39, 0.29) is 0 Å². The van der Waals surface area contributed by atoms with Gasteiger partial charge in [0.05, 0.1) is 12.2 Å². The van der Waals surface area contributed by atoms with Crippen molar-refractivity contribution in [1.82, 2.24) is 15.6 Å². The molecule has 1 fully saturated rings. The summed E-state index contributed by atoms with van der Waals surface area (Å²) in [5.41, 5.74) is 2.61. The van der Waals surface area contributed by atoms with E-state index in [1.54, 1.807) is 7.11 Å². The van der Waals surface area contributed by atoms with Crippen LogP contribution in [-0.4, -0.2) is 38.3 Å². The lowest BCUT2D eigenvalue weighted by Crippen LogP contribution is -2.43. The monoisotopic (exact) mass is 318 g/mol. The predicted octanol–water partition coefficient (Wildman–Crippen LogP) is 2.65. The molecule has 0 bridgehead atoms. The van der Waals surface area contributed by atoms with E-state index in [2.05, 4.69) is 33.6 Å². The molecular weight excluding hydrogens is 288 g/mol. The number of guanidine groups is 1. The SMILES string of the molecule is CN=C(NCc1ncccc1C)NCC1(CCOC)CCCC1. The van der Waals surface area contributed by atoms with Gasteiger partial charge in [0.1, 0.15) is 0 Å². The van der Waals surface area contributed by atoms with Crippen LogP contribution >= 0.6 is 0 Å². The zero-order valence-corrected chi connectivity index (χ0v) is 14.7. The maximum Gasteiger partial charge on any atom is 0.191 e. The molecule has 128 valence electrons. The zero-order chi connectivity index (χ0) is 16.5. The van der Waals surface area contributed by atoms with Crippen molar-refractivity contribution in [3.63, 3.8) is 0 Å². The first kappa shape index (κ1) is 17.7. The second kappa shape index (κ2) is 8.87. The molecular formula is C18H30N4O. The molecule has 0 aromatic carbocycles. The molecule has 0 atom stereocenters. The van der Waals surface area contributed by atoms with Crippen molar-refractivity contribution in [3.05, 3.63) is 29.6 Å². The van der Waals surface area contributed by atoms with Gasteiger partial charge in [-0.15, -0.1) is 0 Å². The van der Waals surface area contributed by atoms with Crippen LogP contribution in [0.5, 0.6) is 0 Å². The van der Waals surface area contributed by atoms with Gasteiger partial charge in [0, 0.05) is 33.5 Å². The summed E-state index contributed by atoms with van der Waals surface area (Å²) in [5, 5.41) is 6.88. The predicted molar refractivity (Wildman–Crippen MR) is 94.6 cm³/mol. The largest absolute Gasteiger partial charge is 0.385 e. The molecule has 0 spiro atoms. The average Bonchev–Trinajstić information content (AvgIpc) is 3.04. The van der Waals surface area contributed by atoms with Crippen LogP contribution in [0, 0.1) is 12.3 Å². The van der Waals surface area contributed by atoms with E-state index < -0.39 is 0 Å². The highest BCUT2D eigenvalue weighted by Crippen LogP contribution is 2.40. The highest BCUT2D eigenvalue weighted by molar-refractivity contribution is 5.79. The van der Waals surface area contributed by atoms with Crippen molar-refractivity contribution in [2.24, 2.45) is 10.4 Å². The Kier molecular flexibility index (Phi) is 6.84. The molecule has 2 N–H and O–H groups in total. The van der Waals surface area contributed by atoms with Crippen LogP contribution in [0.2, 0.25) is 0 Å². The lowest BCUT2D eigenvalue weighted by molar-refractivity contribution is 0.138. The van der Waals surface area contributed by atoms with E-state index >= 15 is 0 Å². The van der Waals surface area contributed by atoms with E-state index in [1.165, 1.54) is 31.2 Å². The van der Waals surface area contributed by atoms with Crippen LogP contribution in [0.4, 0.5) is 0 Å². The first-order valence-electron chi connectivity index (χ1n) is 8.53. The lowest BCUT2D eigenvalue weighted by Gasteiger charge is -2.30. The number of aryl methyl sites for hydroxylation is 1. The summed E-state index contributed by atoms with van der Waals surface area (Å²) in [6, 6.07) is 4.05. The van der Waals surface area contributed by atoms with E-state index in [9.17, 15) is 0 Å². The van der Waals surface area contributed by atoms with Crippen molar-refractivity contribution in [2.45, 2.75) is 45.6 Å². The molecule has 0 amide bonds. The smallest absolute Gasteiger partial charge is 0.191 e. The number of ether oxygens (including phenoxy) is 1. The van der Waals surface area contributed by atoms with E-state index in [4.69, 9.17) is 4.74 Å². The summed E-state index contributed by atoms with van der Waals surface area (Å²) in [4.78, 5) is 8.75. The van der Waals surface area contributed by atoms with Crippen molar-refractivity contribution in [2.75, 3.05) is 27.3 Å². The van der Waals surface area contributed by atoms with Crippen molar-refractivity contribution >= 4 is 5.96 Å². The molecule has 5 heteroatoms. The lowest BCUT2D eigenvalue weighted by atomic mass is 9.83. The molecule has 1 aromatic rings. The first-order valence-corrected chi connectivity index (χ1v) is 8.53. The number of aliphatic imine (C=N–C) groups is 1. The van der Waals surface area contributed by atoms with Gasteiger partial charge in [0.15, 0.2) is 5.96 Å². The Bertz CT molecular complexity index is 509. The molecule has 1 saturated carbocycles. The third kappa shape index (κ3) is 5.20. The van der Waals surface area contributed by atoms with E-state index in [0.717, 1.165) is 31.2 Å². The number of nitrogens with zero attached hydrogens (tertiary/aromatic N) is 2. The minimum absolute atomic E-state index is 0.356. The first-order chi connectivity index (χ1) is 11.2. The fraction of sp³-hybridized carbons (Fsp3) is 0.667. The topological polar surface area (TPSA) is 58.5 Å². The van der Waals surface area contributed by atoms with Crippen LogP contribution in [0.15, 0.2) is 23.3 Å². The van der Waals surface area contributed by atoms with Crippen molar-refractivity contribution < 1.29 is 4.74 Å². The number of rotatable bonds is 7. The van der Waals surface area contributed by atoms with Crippen molar-refractivity contribution in [1.29, 1.82) is 0 Å². The maximum absolute atomic E-state index is 5.30. The third-order valence-corrected chi connectivity index (χ3v) is 4.90. The molecule has 1 heterocycles. The quantitative estimate of drug-likeness (QED) is 0.599. The average molecular weight is 318 g/mol. The van der Waals surface area contributed by atoms with Crippen molar-refractivity contribution in [3.8, 4) is 0 Å². The van der Waals surface area contributed by atoms with Gasteiger partial charge < -0.3 is 15.4 Å². The second-order valence-electron chi connectivity index (χ2n) is 6.50. The summed E-state index contributed by atoms with van der Waals surface area (Å²) in [6.45, 7) is 4.56. The molecule has 2 rings (SSSR count). The Morgan fingerprint density at radius 2 is 2.13 bits per heavy atom. The summed E-state index contributed by atoms with van der Waals surface area (Å²) in [5.74, 6) is 0.846. The third-order valence-electron chi connectivity index (χ3n) is 4.90. The Balaban J connectivity index is 1.85. The zero-order valence-electron chi connectivity index (χ0n) is 14.7. The molecule has 0 radical (unpaired) electrons. The molecule has 1 aliphatic rings. The van der Waals surface area contributed by atoms with Gasteiger partial charge in [-0.25, -0.2) is 0 Å². The van der Waals surface area contributed by atoms with Crippen LogP contribution in [0.3, 0.4) is 0 Å². The minimum atomic E-state index is 0.356. The highest BCUT2D eigenvalue weighted by atomic mass is 16.5. The Hall–Kier alpha value is -1.62. The number of hydrogen-bond donors (Lipinski definition) is 2. The number of methoxy groups -OCH3 is 1. The summed E-state index contributed by atoms with van der Waals surface area (Å²) >= 11 is 0. The molecule has 0 saturated heterocycles. The molecule has 1 aromatic heterocycles. The van der Waals surface area contributed by atoms with Crippen LogP contribution in [0.1, 0.15) is 43.4 Å². The van der Waals surface area contributed by atoms with Crippen LogP contribution in [-0.2, 0) is 11.3 Å². The Labute approximate surface area is 139 Å². The molecule has 23 heavy (non-hydrogen) atoms. The van der Waals surface area contributed by atoms with Gasteiger partial charge >= 0.3 is 0 Å². The Morgan fingerprint density at radius 1 is 1.35 bits per heavy atom.